The number of rotatable bonds is 6. The summed E-state index contributed by atoms with van der Waals surface area (Å²) in [7, 11) is 0. The number of carboxylic acid groups (broad SMARTS) is 1. The molecule has 1 saturated carbocycles. The minimum atomic E-state index is -1.14. The fourth-order valence-corrected chi connectivity index (χ4v) is 3.04. The first-order valence-corrected chi connectivity index (χ1v) is 7.80. The van der Waals surface area contributed by atoms with Crippen LogP contribution in [0, 0.1) is 0 Å². The topological polar surface area (TPSA) is 66.8 Å². The van der Waals surface area contributed by atoms with Crippen molar-refractivity contribution < 1.29 is 19.7 Å². The van der Waals surface area contributed by atoms with Gasteiger partial charge in [-0.3, -0.25) is 4.79 Å². The van der Waals surface area contributed by atoms with Gasteiger partial charge in [-0.15, -0.1) is 0 Å². The van der Waals surface area contributed by atoms with Crippen LogP contribution in [0.1, 0.15) is 36.3 Å². The number of ether oxygens (including phenoxy) is 1. The van der Waals surface area contributed by atoms with E-state index in [-0.39, 0.29) is 0 Å². The van der Waals surface area contributed by atoms with Gasteiger partial charge in [-0.05, 0) is 42.5 Å². The van der Waals surface area contributed by atoms with Gasteiger partial charge in [0.1, 0.15) is 18.3 Å². The predicted molar refractivity (Wildman–Crippen MR) is 86.4 cm³/mol. The van der Waals surface area contributed by atoms with Crippen molar-refractivity contribution >= 4 is 5.97 Å². The van der Waals surface area contributed by atoms with Crippen molar-refractivity contribution in [2.45, 2.75) is 37.4 Å². The molecule has 2 aromatic carbocycles. The lowest BCUT2D eigenvalue weighted by molar-refractivity contribution is -0.151. The van der Waals surface area contributed by atoms with Crippen molar-refractivity contribution in [3.63, 3.8) is 0 Å². The van der Waals surface area contributed by atoms with Crippen molar-refractivity contribution in [2.75, 3.05) is 0 Å². The van der Waals surface area contributed by atoms with E-state index in [0.29, 0.717) is 30.8 Å². The second-order valence-corrected chi connectivity index (χ2v) is 6.08. The molecule has 2 aromatic rings. The summed E-state index contributed by atoms with van der Waals surface area (Å²) in [5.74, 6) is -1.29. The number of hydrogen-bond acceptors (Lipinski definition) is 3. The average molecular weight is 312 g/mol. The van der Waals surface area contributed by atoms with E-state index in [0.717, 1.165) is 12.0 Å². The van der Waals surface area contributed by atoms with Gasteiger partial charge in [-0.25, -0.2) is 0 Å². The van der Waals surface area contributed by atoms with E-state index in [1.165, 1.54) is 0 Å². The van der Waals surface area contributed by atoms with Crippen LogP contribution in [0.2, 0.25) is 0 Å². The lowest BCUT2D eigenvalue weighted by atomic mass is 9.68. The number of carbonyl (C=O) groups is 1. The number of hydrogen-bond donors (Lipinski definition) is 2. The second kappa shape index (κ2) is 6.42. The molecule has 4 heteroatoms. The lowest BCUT2D eigenvalue weighted by Gasteiger charge is -2.41. The van der Waals surface area contributed by atoms with Gasteiger partial charge in [0, 0.05) is 0 Å². The molecule has 3 rings (SSSR count). The van der Waals surface area contributed by atoms with Crippen molar-refractivity contribution in [2.24, 2.45) is 0 Å². The lowest BCUT2D eigenvalue weighted by Crippen LogP contribution is -2.46. The molecular formula is C19H20O4. The van der Waals surface area contributed by atoms with E-state index in [2.05, 4.69) is 0 Å². The highest BCUT2D eigenvalue weighted by Gasteiger charge is 2.47. The molecule has 1 fully saturated rings. The van der Waals surface area contributed by atoms with Crippen LogP contribution >= 0.6 is 0 Å². The molecule has 120 valence electrons. The molecule has 0 aromatic heterocycles. The van der Waals surface area contributed by atoms with E-state index in [1.54, 1.807) is 24.3 Å². The largest absolute Gasteiger partial charge is 0.489 e. The summed E-state index contributed by atoms with van der Waals surface area (Å²) in [4.78, 5) is 11.6. The van der Waals surface area contributed by atoms with Gasteiger partial charge in [-0.2, -0.15) is 0 Å². The van der Waals surface area contributed by atoms with Gasteiger partial charge in [0.2, 0.25) is 0 Å². The van der Waals surface area contributed by atoms with E-state index in [4.69, 9.17) is 4.74 Å². The van der Waals surface area contributed by atoms with Gasteiger partial charge in [0.25, 0.3) is 0 Å². The van der Waals surface area contributed by atoms with Crippen LogP contribution in [0.15, 0.2) is 54.6 Å². The van der Waals surface area contributed by atoms with Crippen LogP contribution in [0.3, 0.4) is 0 Å². The standard InChI is InChI=1S/C19H20O4/c20-18(21)17(19(22)10-5-11-19)15-8-4-9-16(12-15)23-13-14-6-2-1-3-7-14/h1-4,6-9,12,17,22H,5,10-11,13H2,(H,20,21). The van der Waals surface area contributed by atoms with Crippen LogP contribution in [-0.4, -0.2) is 21.8 Å². The molecule has 2 N–H and O–H groups in total. The molecule has 1 aliphatic rings. The molecule has 1 unspecified atom stereocenters. The average Bonchev–Trinajstić information content (AvgIpc) is 2.52. The summed E-state index contributed by atoms with van der Waals surface area (Å²) in [6.45, 7) is 0.423. The molecule has 1 atom stereocenters. The first kappa shape index (κ1) is 15.6. The molecule has 0 saturated heterocycles. The summed E-state index contributed by atoms with van der Waals surface area (Å²) in [5.41, 5.74) is 0.500. The Morgan fingerprint density at radius 3 is 2.48 bits per heavy atom. The Balaban J connectivity index is 1.77. The van der Waals surface area contributed by atoms with Gasteiger partial charge in [-0.1, -0.05) is 42.5 Å². The summed E-state index contributed by atoms with van der Waals surface area (Å²) < 4.78 is 5.75. The molecular weight excluding hydrogens is 292 g/mol. The Kier molecular flexibility index (Phi) is 4.35. The quantitative estimate of drug-likeness (QED) is 0.858. The van der Waals surface area contributed by atoms with Gasteiger partial charge in [0.05, 0.1) is 5.60 Å². The Hall–Kier alpha value is -2.33. The summed E-state index contributed by atoms with van der Waals surface area (Å²) >= 11 is 0. The molecule has 0 heterocycles. The fraction of sp³-hybridized carbons (Fsp3) is 0.316. The normalized spacial score (nSPS) is 17.1. The SMILES string of the molecule is O=C(O)C(c1cccc(OCc2ccccc2)c1)C1(O)CCC1. The minimum absolute atomic E-state index is 0.423. The Morgan fingerprint density at radius 1 is 1.13 bits per heavy atom. The molecule has 0 amide bonds. The van der Waals surface area contributed by atoms with Crippen molar-refractivity contribution in [3.05, 3.63) is 65.7 Å². The smallest absolute Gasteiger partial charge is 0.313 e. The van der Waals surface area contributed by atoms with Gasteiger partial charge >= 0.3 is 5.97 Å². The van der Waals surface area contributed by atoms with Crippen molar-refractivity contribution in [1.29, 1.82) is 0 Å². The van der Waals surface area contributed by atoms with Gasteiger partial charge < -0.3 is 14.9 Å². The maximum Gasteiger partial charge on any atom is 0.313 e. The zero-order chi connectivity index (χ0) is 16.3. The maximum atomic E-state index is 11.6. The molecule has 1 aliphatic carbocycles. The molecule has 0 aliphatic heterocycles. The minimum Gasteiger partial charge on any atom is -0.489 e. The molecule has 0 bridgehead atoms. The molecule has 0 spiro atoms. The van der Waals surface area contributed by atoms with Crippen molar-refractivity contribution in [3.8, 4) is 5.75 Å². The van der Waals surface area contributed by atoms with E-state index >= 15 is 0 Å². The molecule has 23 heavy (non-hydrogen) atoms. The van der Waals surface area contributed by atoms with Crippen LogP contribution in [-0.2, 0) is 11.4 Å². The van der Waals surface area contributed by atoms with Crippen LogP contribution in [0.25, 0.3) is 0 Å². The zero-order valence-corrected chi connectivity index (χ0v) is 12.8. The maximum absolute atomic E-state index is 11.6. The molecule has 0 radical (unpaired) electrons. The zero-order valence-electron chi connectivity index (χ0n) is 12.8. The monoisotopic (exact) mass is 312 g/mol. The highest BCUT2D eigenvalue weighted by Crippen LogP contribution is 2.44. The van der Waals surface area contributed by atoms with E-state index < -0.39 is 17.5 Å². The second-order valence-electron chi connectivity index (χ2n) is 6.08. The Morgan fingerprint density at radius 2 is 1.87 bits per heavy atom. The number of benzene rings is 2. The fourth-order valence-electron chi connectivity index (χ4n) is 3.04. The third-order valence-electron chi connectivity index (χ3n) is 4.44. The Labute approximate surface area is 135 Å². The van der Waals surface area contributed by atoms with Crippen LogP contribution in [0.5, 0.6) is 5.75 Å². The van der Waals surface area contributed by atoms with Crippen LogP contribution in [0.4, 0.5) is 0 Å². The third kappa shape index (κ3) is 3.37. The van der Waals surface area contributed by atoms with E-state index in [1.807, 2.05) is 30.3 Å². The van der Waals surface area contributed by atoms with Gasteiger partial charge in [0.15, 0.2) is 0 Å². The first-order valence-electron chi connectivity index (χ1n) is 7.80. The highest BCUT2D eigenvalue weighted by molar-refractivity contribution is 5.78. The van der Waals surface area contributed by atoms with E-state index in [9.17, 15) is 15.0 Å². The molecule has 4 nitrogen and oxygen atoms in total. The summed E-state index contributed by atoms with van der Waals surface area (Å²) in [6.07, 6.45) is 1.92. The number of aliphatic carboxylic acids is 1. The highest BCUT2D eigenvalue weighted by atomic mass is 16.5. The summed E-state index contributed by atoms with van der Waals surface area (Å²) in [6, 6.07) is 16.8. The van der Waals surface area contributed by atoms with Crippen molar-refractivity contribution in [1.82, 2.24) is 0 Å². The third-order valence-corrected chi connectivity index (χ3v) is 4.44. The van der Waals surface area contributed by atoms with Crippen LogP contribution < -0.4 is 4.74 Å². The predicted octanol–water partition coefficient (Wildman–Crippen LogP) is 3.35. The first-order chi connectivity index (χ1) is 11.1. The summed E-state index contributed by atoms with van der Waals surface area (Å²) in [5, 5.41) is 20.0. The number of aliphatic hydroxyl groups is 1. The number of carboxylic acids is 1. The Bertz CT molecular complexity index is 677.